The van der Waals surface area contributed by atoms with Gasteiger partial charge in [0.1, 0.15) is 0 Å². The van der Waals surface area contributed by atoms with Gasteiger partial charge in [0.2, 0.25) is 5.91 Å². The predicted molar refractivity (Wildman–Crippen MR) is 87.3 cm³/mol. The lowest BCUT2D eigenvalue weighted by atomic mass is 9.95. The van der Waals surface area contributed by atoms with Crippen molar-refractivity contribution in [1.29, 1.82) is 0 Å². The van der Waals surface area contributed by atoms with Crippen LogP contribution in [0.4, 0.5) is 5.69 Å². The summed E-state index contributed by atoms with van der Waals surface area (Å²) in [4.78, 5) is 12.4. The number of carbonyl (C=O) groups excluding carboxylic acids is 1. The van der Waals surface area contributed by atoms with Gasteiger partial charge in [0.25, 0.3) is 0 Å². The molecule has 104 valence electrons. The van der Waals surface area contributed by atoms with Gasteiger partial charge in [-0.2, -0.15) is 0 Å². The van der Waals surface area contributed by atoms with Crippen molar-refractivity contribution in [2.45, 2.75) is 19.3 Å². The van der Waals surface area contributed by atoms with Crippen LogP contribution >= 0.6 is 27.5 Å². The van der Waals surface area contributed by atoms with E-state index in [4.69, 9.17) is 11.6 Å². The lowest BCUT2D eigenvalue weighted by Crippen LogP contribution is -2.20. The molecular formula is C16H15BrClNO. The standard InChI is InChI=1S/C16H15BrClNO/c1-2-12(11-7-4-3-5-8-11)16(20)19-14-10-6-9-13(18)15(14)17/h3-10,12H,2H2,1H3,(H,19,20). The fraction of sp³-hybridized carbons (Fsp3) is 0.188. The monoisotopic (exact) mass is 351 g/mol. The van der Waals surface area contributed by atoms with E-state index in [9.17, 15) is 4.79 Å². The molecule has 0 saturated heterocycles. The molecule has 1 unspecified atom stereocenters. The molecule has 4 heteroatoms. The van der Waals surface area contributed by atoms with E-state index in [-0.39, 0.29) is 11.8 Å². The van der Waals surface area contributed by atoms with E-state index < -0.39 is 0 Å². The summed E-state index contributed by atoms with van der Waals surface area (Å²) >= 11 is 9.42. The Bertz CT molecular complexity index is 601. The summed E-state index contributed by atoms with van der Waals surface area (Å²) in [5.41, 5.74) is 1.71. The van der Waals surface area contributed by atoms with Crippen LogP contribution in [0.1, 0.15) is 24.8 Å². The van der Waals surface area contributed by atoms with Crippen molar-refractivity contribution in [1.82, 2.24) is 0 Å². The van der Waals surface area contributed by atoms with E-state index in [2.05, 4.69) is 21.2 Å². The quantitative estimate of drug-likeness (QED) is 0.801. The number of rotatable bonds is 4. The Labute approximate surface area is 132 Å². The van der Waals surface area contributed by atoms with Gasteiger partial charge < -0.3 is 5.32 Å². The molecule has 0 radical (unpaired) electrons. The van der Waals surface area contributed by atoms with E-state index in [1.54, 1.807) is 6.07 Å². The molecule has 1 amide bonds. The van der Waals surface area contributed by atoms with Crippen molar-refractivity contribution in [3.05, 3.63) is 63.6 Å². The summed E-state index contributed by atoms with van der Waals surface area (Å²) in [5, 5.41) is 3.51. The van der Waals surface area contributed by atoms with Crippen LogP contribution in [0.2, 0.25) is 5.02 Å². The Hall–Kier alpha value is -1.32. The molecule has 1 N–H and O–H groups in total. The Morgan fingerprint density at radius 1 is 1.20 bits per heavy atom. The lowest BCUT2D eigenvalue weighted by Gasteiger charge is -2.16. The van der Waals surface area contributed by atoms with Crippen LogP contribution in [0.3, 0.4) is 0 Å². The Kier molecular flexibility index (Phi) is 5.21. The normalized spacial score (nSPS) is 11.9. The zero-order chi connectivity index (χ0) is 14.5. The van der Waals surface area contributed by atoms with Crippen molar-refractivity contribution in [2.24, 2.45) is 0 Å². The van der Waals surface area contributed by atoms with Crippen LogP contribution in [-0.2, 0) is 4.79 Å². The maximum Gasteiger partial charge on any atom is 0.231 e. The van der Waals surface area contributed by atoms with Crippen molar-refractivity contribution >= 4 is 39.1 Å². The fourth-order valence-electron chi connectivity index (χ4n) is 2.08. The van der Waals surface area contributed by atoms with E-state index >= 15 is 0 Å². The number of amides is 1. The van der Waals surface area contributed by atoms with Gasteiger partial charge in [-0.25, -0.2) is 0 Å². The summed E-state index contributed by atoms with van der Waals surface area (Å²) in [6.07, 6.45) is 0.744. The predicted octanol–water partition coefficient (Wildman–Crippen LogP) is 5.23. The molecule has 2 rings (SSSR count). The number of anilines is 1. The highest BCUT2D eigenvalue weighted by Gasteiger charge is 2.19. The van der Waals surface area contributed by atoms with E-state index in [1.807, 2.05) is 49.4 Å². The van der Waals surface area contributed by atoms with E-state index in [1.165, 1.54) is 0 Å². The Morgan fingerprint density at radius 3 is 2.55 bits per heavy atom. The molecule has 0 aromatic heterocycles. The third-order valence-electron chi connectivity index (χ3n) is 3.14. The first-order chi connectivity index (χ1) is 9.63. The fourth-order valence-corrected chi connectivity index (χ4v) is 2.62. The third-order valence-corrected chi connectivity index (χ3v) is 4.53. The molecule has 0 aliphatic heterocycles. The molecule has 0 aliphatic rings. The van der Waals surface area contributed by atoms with Crippen LogP contribution in [0.15, 0.2) is 53.0 Å². The van der Waals surface area contributed by atoms with Crippen molar-refractivity contribution in [3.8, 4) is 0 Å². The smallest absolute Gasteiger partial charge is 0.231 e. The van der Waals surface area contributed by atoms with Crippen LogP contribution in [0, 0.1) is 0 Å². The number of benzene rings is 2. The third kappa shape index (κ3) is 3.41. The molecule has 2 aromatic carbocycles. The lowest BCUT2D eigenvalue weighted by molar-refractivity contribution is -0.117. The number of halogens is 2. The minimum atomic E-state index is -0.165. The Balaban J connectivity index is 2.20. The first kappa shape index (κ1) is 15.1. The van der Waals surface area contributed by atoms with Gasteiger partial charge in [0, 0.05) is 0 Å². The number of nitrogens with one attached hydrogen (secondary N) is 1. The van der Waals surface area contributed by atoms with Gasteiger partial charge in [0.05, 0.1) is 21.1 Å². The molecule has 0 heterocycles. The highest BCUT2D eigenvalue weighted by Crippen LogP contribution is 2.31. The van der Waals surface area contributed by atoms with Crippen molar-refractivity contribution in [2.75, 3.05) is 5.32 Å². The van der Waals surface area contributed by atoms with Crippen LogP contribution in [-0.4, -0.2) is 5.91 Å². The zero-order valence-electron chi connectivity index (χ0n) is 11.1. The highest BCUT2D eigenvalue weighted by atomic mass is 79.9. The highest BCUT2D eigenvalue weighted by molar-refractivity contribution is 9.10. The largest absolute Gasteiger partial charge is 0.324 e. The maximum atomic E-state index is 12.4. The molecule has 0 spiro atoms. The first-order valence-electron chi connectivity index (χ1n) is 6.43. The van der Waals surface area contributed by atoms with Crippen LogP contribution in [0.25, 0.3) is 0 Å². The van der Waals surface area contributed by atoms with E-state index in [0.29, 0.717) is 15.2 Å². The second-order valence-corrected chi connectivity index (χ2v) is 5.66. The molecule has 0 bridgehead atoms. The number of hydrogen-bond donors (Lipinski definition) is 1. The van der Waals surface area contributed by atoms with Gasteiger partial charge >= 0.3 is 0 Å². The molecule has 2 nitrogen and oxygen atoms in total. The summed E-state index contributed by atoms with van der Waals surface area (Å²) in [5.74, 6) is -0.191. The van der Waals surface area contributed by atoms with Gasteiger partial charge in [-0.3, -0.25) is 4.79 Å². The summed E-state index contributed by atoms with van der Waals surface area (Å²) < 4.78 is 0.706. The minimum absolute atomic E-state index is 0.0262. The molecule has 20 heavy (non-hydrogen) atoms. The average molecular weight is 353 g/mol. The first-order valence-corrected chi connectivity index (χ1v) is 7.60. The van der Waals surface area contributed by atoms with Gasteiger partial charge in [-0.1, -0.05) is 54.9 Å². The molecule has 0 aliphatic carbocycles. The van der Waals surface area contributed by atoms with Gasteiger partial charge in [0.15, 0.2) is 0 Å². The minimum Gasteiger partial charge on any atom is -0.324 e. The summed E-state index contributed by atoms with van der Waals surface area (Å²) in [6, 6.07) is 15.2. The maximum absolute atomic E-state index is 12.4. The number of carbonyl (C=O) groups is 1. The molecule has 2 aromatic rings. The molecule has 0 fully saturated rings. The molecular weight excluding hydrogens is 338 g/mol. The second kappa shape index (κ2) is 6.91. The molecule has 1 atom stereocenters. The average Bonchev–Trinajstić information content (AvgIpc) is 2.46. The SMILES string of the molecule is CCC(C(=O)Nc1cccc(Cl)c1Br)c1ccccc1. The van der Waals surface area contributed by atoms with Crippen LogP contribution in [0.5, 0.6) is 0 Å². The topological polar surface area (TPSA) is 29.1 Å². The van der Waals surface area contributed by atoms with Gasteiger partial charge in [-0.05, 0) is 40.0 Å². The number of hydrogen-bond acceptors (Lipinski definition) is 1. The van der Waals surface area contributed by atoms with Gasteiger partial charge in [-0.15, -0.1) is 0 Å². The summed E-state index contributed by atoms with van der Waals surface area (Å²) in [7, 11) is 0. The van der Waals surface area contributed by atoms with Crippen LogP contribution < -0.4 is 5.32 Å². The molecule has 0 saturated carbocycles. The van der Waals surface area contributed by atoms with Crippen molar-refractivity contribution < 1.29 is 4.79 Å². The van der Waals surface area contributed by atoms with E-state index in [0.717, 1.165) is 12.0 Å². The second-order valence-electron chi connectivity index (χ2n) is 4.46. The Morgan fingerprint density at radius 2 is 1.90 bits per heavy atom. The zero-order valence-corrected chi connectivity index (χ0v) is 13.4. The van der Waals surface area contributed by atoms with Crippen molar-refractivity contribution in [3.63, 3.8) is 0 Å². The summed E-state index contributed by atoms with van der Waals surface area (Å²) in [6.45, 7) is 2.00.